The molecule has 0 atom stereocenters. The fourth-order valence-corrected chi connectivity index (χ4v) is 1.82. The van der Waals surface area contributed by atoms with Crippen LogP contribution < -0.4 is 10.6 Å². The monoisotopic (exact) mass is 304 g/mol. The second-order valence-electron chi connectivity index (χ2n) is 5.19. The van der Waals surface area contributed by atoms with Crippen molar-refractivity contribution < 1.29 is 9.59 Å². The molecule has 0 saturated carbocycles. The van der Waals surface area contributed by atoms with Gasteiger partial charge in [0.15, 0.2) is 0 Å². The van der Waals surface area contributed by atoms with Crippen LogP contribution in [0.3, 0.4) is 0 Å². The SMILES string of the molecule is C=C(CNc1nc(CC(C)=O)ccc1NC(C)=O)N(C)CC. The Labute approximate surface area is 131 Å². The first-order chi connectivity index (χ1) is 10.3. The van der Waals surface area contributed by atoms with Crippen molar-refractivity contribution in [3.63, 3.8) is 0 Å². The summed E-state index contributed by atoms with van der Waals surface area (Å²) in [5.41, 5.74) is 2.17. The van der Waals surface area contributed by atoms with E-state index >= 15 is 0 Å². The van der Waals surface area contributed by atoms with Crippen molar-refractivity contribution >= 4 is 23.2 Å². The highest BCUT2D eigenvalue weighted by Crippen LogP contribution is 2.20. The lowest BCUT2D eigenvalue weighted by Crippen LogP contribution is -2.22. The van der Waals surface area contributed by atoms with E-state index in [1.807, 2.05) is 18.9 Å². The molecule has 0 radical (unpaired) electrons. The number of pyridine rings is 1. The van der Waals surface area contributed by atoms with E-state index in [0.717, 1.165) is 12.2 Å². The molecule has 22 heavy (non-hydrogen) atoms. The molecule has 1 aromatic rings. The molecule has 0 unspecified atom stereocenters. The first kappa shape index (κ1) is 17.7. The standard InChI is InChI=1S/C16H24N4O2/c1-6-20(5)11(2)10-17-16-15(18-13(4)22)8-7-14(19-16)9-12(3)21/h7-8H,2,6,9-10H2,1,3-5H3,(H,17,19)(H,18,22). The first-order valence-corrected chi connectivity index (χ1v) is 7.23. The Morgan fingerprint density at radius 3 is 2.55 bits per heavy atom. The van der Waals surface area contributed by atoms with Crippen LogP contribution in [0.5, 0.6) is 0 Å². The van der Waals surface area contributed by atoms with E-state index in [2.05, 4.69) is 22.2 Å². The number of carbonyl (C=O) groups excluding carboxylic acids is 2. The van der Waals surface area contributed by atoms with Gasteiger partial charge in [0.25, 0.3) is 0 Å². The van der Waals surface area contributed by atoms with E-state index in [1.165, 1.54) is 13.8 Å². The van der Waals surface area contributed by atoms with Gasteiger partial charge in [-0.2, -0.15) is 0 Å². The number of hydrogen-bond acceptors (Lipinski definition) is 5. The average Bonchev–Trinajstić information content (AvgIpc) is 2.44. The number of nitrogens with one attached hydrogen (secondary N) is 2. The average molecular weight is 304 g/mol. The van der Waals surface area contributed by atoms with Crippen LogP contribution in [-0.2, 0) is 16.0 Å². The highest BCUT2D eigenvalue weighted by atomic mass is 16.1. The van der Waals surface area contributed by atoms with Crippen molar-refractivity contribution in [2.45, 2.75) is 27.2 Å². The van der Waals surface area contributed by atoms with Crippen LogP contribution in [0.25, 0.3) is 0 Å². The van der Waals surface area contributed by atoms with E-state index in [1.54, 1.807) is 12.1 Å². The predicted molar refractivity (Wildman–Crippen MR) is 88.9 cm³/mol. The minimum Gasteiger partial charge on any atom is -0.377 e. The Morgan fingerprint density at radius 2 is 2.00 bits per heavy atom. The predicted octanol–water partition coefficient (Wildman–Crippen LogP) is 2.05. The minimum absolute atomic E-state index is 0.0425. The van der Waals surface area contributed by atoms with Crippen LogP contribution in [0.1, 0.15) is 26.5 Å². The summed E-state index contributed by atoms with van der Waals surface area (Å²) in [4.78, 5) is 28.9. The highest BCUT2D eigenvalue weighted by Gasteiger charge is 2.09. The number of carbonyl (C=O) groups is 2. The molecular formula is C16H24N4O2. The normalized spacial score (nSPS) is 10.0. The maximum Gasteiger partial charge on any atom is 0.221 e. The van der Waals surface area contributed by atoms with E-state index in [-0.39, 0.29) is 18.1 Å². The molecule has 120 valence electrons. The van der Waals surface area contributed by atoms with E-state index < -0.39 is 0 Å². The molecule has 0 bridgehead atoms. The van der Waals surface area contributed by atoms with Crippen molar-refractivity contribution in [1.29, 1.82) is 0 Å². The Balaban J connectivity index is 2.93. The number of likely N-dealkylation sites (N-methyl/N-ethyl adjacent to an activating group) is 1. The molecule has 6 nitrogen and oxygen atoms in total. The number of ketones is 1. The van der Waals surface area contributed by atoms with Crippen molar-refractivity contribution in [2.24, 2.45) is 0 Å². The number of rotatable bonds is 8. The molecule has 2 N–H and O–H groups in total. The fraction of sp³-hybridized carbons (Fsp3) is 0.438. The largest absolute Gasteiger partial charge is 0.377 e. The number of Topliss-reactive ketones (excluding diaryl/α,β-unsaturated/α-hetero) is 1. The molecule has 0 aliphatic heterocycles. The summed E-state index contributed by atoms with van der Waals surface area (Å²) in [7, 11) is 1.96. The van der Waals surface area contributed by atoms with Gasteiger partial charge < -0.3 is 15.5 Å². The van der Waals surface area contributed by atoms with Crippen molar-refractivity contribution in [2.75, 3.05) is 30.8 Å². The molecule has 6 heteroatoms. The Hall–Kier alpha value is -2.37. The third-order valence-corrected chi connectivity index (χ3v) is 3.17. The quantitative estimate of drug-likeness (QED) is 0.769. The third kappa shape index (κ3) is 5.55. The zero-order chi connectivity index (χ0) is 16.7. The Bertz CT molecular complexity index is 569. The van der Waals surface area contributed by atoms with Crippen molar-refractivity contribution in [3.8, 4) is 0 Å². The zero-order valence-corrected chi connectivity index (χ0v) is 13.7. The summed E-state index contributed by atoms with van der Waals surface area (Å²) in [6, 6.07) is 3.49. The lowest BCUT2D eigenvalue weighted by Gasteiger charge is -2.21. The van der Waals surface area contributed by atoms with Gasteiger partial charge in [-0.25, -0.2) is 4.98 Å². The van der Waals surface area contributed by atoms with Gasteiger partial charge in [0.1, 0.15) is 11.6 Å². The Morgan fingerprint density at radius 1 is 1.32 bits per heavy atom. The second kappa shape index (κ2) is 8.17. The summed E-state index contributed by atoms with van der Waals surface area (Å²) >= 11 is 0. The summed E-state index contributed by atoms with van der Waals surface area (Å²) in [6.07, 6.45) is 0.269. The summed E-state index contributed by atoms with van der Waals surface area (Å²) < 4.78 is 0. The number of hydrogen-bond donors (Lipinski definition) is 2. The van der Waals surface area contributed by atoms with Crippen LogP contribution in [0.4, 0.5) is 11.5 Å². The van der Waals surface area contributed by atoms with Gasteiger partial charge in [0.2, 0.25) is 5.91 Å². The van der Waals surface area contributed by atoms with Gasteiger partial charge in [-0.3, -0.25) is 9.59 Å². The zero-order valence-electron chi connectivity index (χ0n) is 13.7. The third-order valence-electron chi connectivity index (χ3n) is 3.17. The van der Waals surface area contributed by atoms with E-state index in [0.29, 0.717) is 23.7 Å². The molecule has 0 aromatic carbocycles. The van der Waals surface area contributed by atoms with Crippen LogP contribution >= 0.6 is 0 Å². The van der Waals surface area contributed by atoms with Gasteiger partial charge in [-0.05, 0) is 26.0 Å². The number of anilines is 2. The number of aromatic nitrogens is 1. The fourth-order valence-electron chi connectivity index (χ4n) is 1.82. The smallest absolute Gasteiger partial charge is 0.221 e. The summed E-state index contributed by atoms with van der Waals surface area (Å²) in [5.74, 6) is 0.411. The maximum absolute atomic E-state index is 11.3. The van der Waals surface area contributed by atoms with Gasteiger partial charge in [-0.1, -0.05) is 6.58 Å². The summed E-state index contributed by atoms with van der Waals surface area (Å²) in [6.45, 7) is 10.4. The first-order valence-electron chi connectivity index (χ1n) is 7.23. The molecule has 1 aromatic heterocycles. The van der Waals surface area contributed by atoms with Crippen LogP contribution in [0.15, 0.2) is 24.4 Å². The molecule has 1 heterocycles. The van der Waals surface area contributed by atoms with Crippen LogP contribution in [0, 0.1) is 0 Å². The second-order valence-corrected chi connectivity index (χ2v) is 5.19. The molecule has 0 aliphatic carbocycles. The van der Waals surface area contributed by atoms with Gasteiger partial charge in [0.05, 0.1) is 17.9 Å². The minimum atomic E-state index is -0.173. The summed E-state index contributed by atoms with van der Waals surface area (Å²) in [5, 5.41) is 5.90. The molecule has 1 amide bonds. The van der Waals surface area contributed by atoms with Crippen LogP contribution in [-0.4, -0.2) is 41.7 Å². The van der Waals surface area contributed by atoms with E-state index in [4.69, 9.17) is 0 Å². The van der Waals surface area contributed by atoms with Crippen molar-refractivity contribution in [3.05, 3.63) is 30.1 Å². The number of amides is 1. The van der Waals surface area contributed by atoms with Crippen LogP contribution in [0.2, 0.25) is 0 Å². The molecule has 0 fully saturated rings. The maximum atomic E-state index is 11.3. The molecule has 1 rings (SSSR count). The van der Waals surface area contributed by atoms with Gasteiger partial charge in [0, 0.05) is 32.6 Å². The topological polar surface area (TPSA) is 74.3 Å². The van der Waals surface area contributed by atoms with Gasteiger partial charge >= 0.3 is 0 Å². The molecule has 0 spiro atoms. The highest BCUT2D eigenvalue weighted by molar-refractivity contribution is 5.92. The molecule has 0 aliphatic rings. The number of nitrogens with zero attached hydrogens (tertiary/aromatic N) is 2. The molecule has 0 saturated heterocycles. The molecular weight excluding hydrogens is 280 g/mol. The Kier molecular flexibility index (Phi) is 6.56. The lowest BCUT2D eigenvalue weighted by atomic mass is 10.2. The van der Waals surface area contributed by atoms with Gasteiger partial charge in [-0.15, -0.1) is 0 Å². The lowest BCUT2D eigenvalue weighted by molar-refractivity contribution is -0.116. The van der Waals surface area contributed by atoms with E-state index in [9.17, 15) is 9.59 Å². The van der Waals surface area contributed by atoms with Crippen molar-refractivity contribution in [1.82, 2.24) is 9.88 Å².